The first-order valence-corrected chi connectivity index (χ1v) is 4.80. The first-order valence-electron chi connectivity index (χ1n) is 4.80. The molecule has 4 nitrogen and oxygen atoms in total. The predicted octanol–water partition coefficient (Wildman–Crippen LogP) is 1.31. The number of carbonyl (C=O) groups is 2. The molecule has 0 N–H and O–H groups in total. The Hall–Kier alpha value is -1.76. The summed E-state index contributed by atoms with van der Waals surface area (Å²) in [7, 11) is 2.43. The van der Waals surface area contributed by atoms with Crippen LogP contribution >= 0.6 is 0 Å². The summed E-state index contributed by atoms with van der Waals surface area (Å²) < 4.78 is 9.24. The van der Waals surface area contributed by atoms with Crippen molar-refractivity contribution < 1.29 is 19.1 Å². The molecular formula is C12H16O4. The van der Waals surface area contributed by atoms with E-state index in [1.165, 1.54) is 14.2 Å². The molecule has 88 valence electrons. The van der Waals surface area contributed by atoms with E-state index in [1.54, 1.807) is 6.08 Å². The van der Waals surface area contributed by atoms with Crippen LogP contribution in [0.15, 0.2) is 12.7 Å². The van der Waals surface area contributed by atoms with Gasteiger partial charge in [0.25, 0.3) is 0 Å². The van der Waals surface area contributed by atoms with Gasteiger partial charge < -0.3 is 9.47 Å². The van der Waals surface area contributed by atoms with Crippen LogP contribution in [0, 0.1) is 17.8 Å². The summed E-state index contributed by atoms with van der Waals surface area (Å²) in [5, 5.41) is 0. The maximum atomic E-state index is 11.7. The lowest BCUT2D eigenvalue weighted by Crippen LogP contribution is -2.41. The summed E-state index contributed by atoms with van der Waals surface area (Å²) in [6.07, 6.45) is 7.46. The van der Waals surface area contributed by atoms with Gasteiger partial charge in [0.05, 0.1) is 14.2 Å². The van der Waals surface area contributed by atoms with Crippen molar-refractivity contribution in [2.75, 3.05) is 14.2 Å². The molecule has 0 aliphatic carbocycles. The van der Waals surface area contributed by atoms with Crippen LogP contribution in [-0.4, -0.2) is 26.2 Å². The molecule has 0 bridgehead atoms. The summed E-state index contributed by atoms with van der Waals surface area (Å²) in [6, 6.07) is 0. The van der Waals surface area contributed by atoms with E-state index in [4.69, 9.17) is 6.42 Å². The molecule has 0 rings (SSSR count). The molecule has 0 radical (unpaired) electrons. The Morgan fingerprint density at radius 2 is 1.88 bits per heavy atom. The van der Waals surface area contributed by atoms with Gasteiger partial charge in [-0.2, -0.15) is 0 Å². The fraction of sp³-hybridized carbons (Fsp3) is 0.500. The lowest BCUT2D eigenvalue weighted by molar-refractivity contribution is -0.169. The van der Waals surface area contributed by atoms with Gasteiger partial charge in [-0.25, -0.2) is 0 Å². The molecule has 0 saturated carbocycles. The van der Waals surface area contributed by atoms with Crippen LogP contribution < -0.4 is 0 Å². The summed E-state index contributed by atoms with van der Waals surface area (Å²) >= 11 is 0. The number of carbonyl (C=O) groups excluding carboxylic acids is 2. The molecule has 0 fully saturated rings. The SMILES string of the molecule is C#CCC(CCC=C)(C(=O)OC)C(=O)OC. The summed E-state index contributed by atoms with van der Waals surface area (Å²) in [5.74, 6) is 0.977. The Morgan fingerprint density at radius 3 is 2.19 bits per heavy atom. The van der Waals surface area contributed by atoms with Crippen molar-refractivity contribution in [1.82, 2.24) is 0 Å². The van der Waals surface area contributed by atoms with E-state index < -0.39 is 17.4 Å². The fourth-order valence-corrected chi connectivity index (χ4v) is 1.43. The molecule has 0 aromatic rings. The van der Waals surface area contributed by atoms with Gasteiger partial charge in [0.1, 0.15) is 0 Å². The van der Waals surface area contributed by atoms with Crippen LogP contribution in [0.4, 0.5) is 0 Å². The number of terminal acetylenes is 1. The standard InChI is InChI=1S/C12H16O4/c1-5-7-9-12(8-6-2,10(13)15-3)11(14)16-4/h2,5H,1,7-9H2,3-4H3. The molecule has 0 aliphatic rings. The maximum Gasteiger partial charge on any atom is 0.324 e. The summed E-state index contributed by atoms with van der Waals surface area (Å²) in [4.78, 5) is 23.4. The second-order valence-electron chi connectivity index (χ2n) is 3.27. The van der Waals surface area contributed by atoms with Crippen molar-refractivity contribution in [2.45, 2.75) is 19.3 Å². The number of esters is 2. The number of hydrogen-bond acceptors (Lipinski definition) is 4. The highest BCUT2D eigenvalue weighted by Gasteiger charge is 2.47. The van der Waals surface area contributed by atoms with Crippen molar-refractivity contribution in [3.05, 3.63) is 12.7 Å². The van der Waals surface area contributed by atoms with Crippen molar-refractivity contribution in [3.8, 4) is 12.3 Å². The summed E-state index contributed by atoms with van der Waals surface area (Å²) in [5.41, 5.74) is -1.41. The predicted molar refractivity (Wildman–Crippen MR) is 59.3 cm³/mol. The topological polar surface area (TPSA) is 52.6 Å². The third-order valence-corrected chi connectivity index (χ3v) is 2.33. The first kappa shape index (κ1) is 14.2. The highest BCUT2D eigenvalue weighted by atomic mass is 16.5. The van der Waals surface area contributed by atoms with Crippen LogP contribution in [0.5, 0.6) is 0 Å². The Balaban J connectivity index is 5.20. The van der Waals surface area contributed by atoms with Gasteiger partial charge in [-0.3, -0.25) is 9.59 Å². The van der Waals surface area contributed by atoms with Gasteiger partial charge in [-0.05, 0) is 12.8 Å². The van der Waals surface area contributed by atoms with E-state index in [1.807, 2.05) is 0 Å². The zero-order chi connectivity index (χ0) is 12.6. The van der Waals surface area contributed by atoms with Gasteiger partial charge in [-0.1, -0.05) is 6.08 Å². The average Bonchev–Trinajstić information content (AvgIpc) is 2.32. The van der Waals surface area contributed by atoms with Crippen molar-refractivity contribution >= 4 is 11.9 Å². The Bertz CT molecular complexity index is 295. The van der Waals surface area contributed by atoms with Gasteiger partial charge >= 0.3 is 11.9 Å². The van der Waals surface area contributed by atoms with E-state index >= 15 is 0 Å². The minimum Gasteiger partial charge on any atom is -0.468 e. The molecule has 0 aromatic carbocycles. The van der Waals surface area contributed by atoms with Gasteiger partial charge in [-0.15, -0.1) is 18.9 Å². The Labute approximate surface area is 95.6 Å². The fourth-order valence-electron chi connectivity index (χ4n) is 1.43. The van der Waals surface area contributed by atoms with Crippen molar-refractivity contribution in [1.29, 1.82) is 0 Å². The van der Waals surface area contributed by atoms with Gasteiger partial charge in [0.15, 0.2) is 5.41 Å². The number of allylic oxidation sites excluding steroid dienone is 1. The van der Waals surface area contributed by atoms with E-state index in [-0.39, 0.29) is 12.8 Å². The summed E-state index contributed by atoms with van der Waals surface area (Å²) in [6.45, 7) is 3.54. The lowest BCUT2D eigenvalue weighted by atomic mass is 9.80. The van der Waals surface area contributed by atoms with Crippen LogP contribution in [0.25, 0.3) is 0 Å². The van der Waals surface area contributed by atoms with E-state index in [0.29, 0.717) is 6.42 Å². The van der Waals surface area contributed by atoms with Crippen molar-refractivity contribution in [2.24, 2.45) is 5.41 Å². The molecule has 16 heavy (non-hydrogen) atoms. The lowest BCUT2D eigenvalue weighted by Gasteiger charge is -2.25. The Kier molecular flexibility index (Phi) is 5.94. The minimum atomic E-state index is -1.41. The average molecular weight is 224 g/mol. The quantitative estimate of drug-likeness (QED) is 0.295. The molecule has 4 heteroatoms. The largest absolute Gasteiger partial charge is 0.468 e. The van der Waals surface area contributed by atoms with E-state index in [9.17, 15) is 9.59 Å². The smallest absolute Gasteiger partial charge is 0.324 e. The second-order valence-corrected chi connectivity index (χ2v) is 3.27. The molecular weight excluding hydrogens is 208 g/mol. The third-order valence-electron chi connectivity index (χ3n) is 2.33. The van der Waals surface area contributed by atoms with Gasteiger partial charge in [0.2, 0.25) is 0 Å². The minimum absolute atomic E-state index is 0.0415. The first-order chi connectivity index (χ1) is 7.58. The number of rotatable bonds is 6. The number of methoxy groups -OCH3 is 2. The highest BCUT2D eigenvalue weighted by Crippen LogP contribution is 2.31. The Morgan fingerprint density at radius 1 is 1.38 bits per heavy atom. The van der Waals surface area contributed by atoms with E-state index in [0.717, 1.165) is 0 Å². The molecule has 0 aliphatic heterocycles. The normalized spacial score (nSPS) is 10.1. The maximum absolute atomic E-state index is 11.7. The second kappa shape index (κ2) is 6.67. The van der Waals surface area contributed by atoms with Crippen LogP contribution in [0.3, 0.4) is 0 Å². The van der Waals surface area contributed by atoms with Crippen LogP contribution in [-0.2, 0) is 19.1 Å². The molecule has 0 amide bonds. The number of ether oxygens (including phenoxy) is 2. The molecule has 0 heterocycles. The zero-order valence-corrected chi connectivity index (χ0v) is 9.62. The van der Waals surface area contributed by atoms with Crippen molar-refractivity contribution in [3.63, 3.8) is 0 Å². The third kappa shape index (κ3) is 2.86. The zero-order valence-electron chi connectivity index (χ0n) is 9.62. The molecule has 0 spiro atoms. The molecule has 0 saturated heterocycles. The molecule has 0 aromatic heterocycles. The molecule has 0 unspecified atom stereocenters. The monoisotopic (exact) mass is 224 g/mol. The van der Waals surface area contributed by atoms with E-state index in [2.05, 4.69) is 22.0 Å². The number of hydrogen-bond donors (Lipinski definition) is 0. The van der Waals surface area contributed by atoms with Crippen LogP contribution in [0.1, 0.15) is 19.3 Å². The van der Waals surface area contributed by atoms with Crippen LogP contribution in [0.2, 0.25) is 0 Å². The highest BCUT2D eigenvalue weighted by molar-refractivity contribution is 6.00. The van der Waals surface area contributed by atoms with Gasteiger partial charge in [0, 0.05) is 6.42 Å². The molecule has 0 atom stereocenters.